The van der Waals surface area contributed by atoms with Gasteiger partial charge in [-0.3, -0.25) is 0 Å². The molecule has 2 heterocycles. The fourth-order valence-electron chi connectivity index (χ4n) is 7.43. The minimum absolute atomic E-state index is 0.00521. The van der Waals surface area contributed by atoms with Crippen molar-refractivity contribution in [1.29, 1.82) is 0 Å². The van der Waals surface area contributed by atoms with Crippen molar-refractivity contribution >= 4 is 31.5 Å². The molecule has 0 atom stereocenters. The first-order valence-corrected chi connectivity index (χ1v) is 17.7. The minimum Gasteiger partial charge on any atom is -0.208 e. The van der Waals surface area contributed by atoms with Crippen molar-refractivity contribution in [2.24, 2.45) is 0 Å². The third kappa shape index (κ3) is 4.74. The molecular weight excluding hydrogens is 615 g/mol. The molecule has 1 aliphatic rings. The first kappa shape index (κ1) is 29.7. The Bertz CT molecular complexity index is 2470. The number of aromatic nitrogens is 3. The normalized spacial score (nSPS) is 14.4. The fourth-order valence-corrected chi connectivity index (χ4v) is 8.54. The molecule has 0 saturated carbocycles. The molecule has 0 spiro atoms. The van der Waals surface area contributed by atoms with Gasteiger partial charge in [0, 0.05) is 36.9 Å². The highest BCUT2D eigenvalue weighted by Gasteiger charge is 2.45. The lowest BCUT2D eigenvalue weighted by Crippen LogP contribution is -2.43. The summed E-state index contributed by atoms with van der Waals surface area (Å²) in [5.74, 6) is 2.00. The highest BCUT2D eigenvalue weighted by Crippen LogP contribution is 2.55. The zero-order valence-electron chi connectivity index (χ0n) is 28.0. The lowest BCUT2D eigenvalue weighted by atomic mass is 9.55. The summed E-state index contributed by atoms with van der Waals surface area (Å²) in [6, 6.07) is 49.7. The summed E-state index contributed by atoms with van der Waals surface area (Å²) >= 11 is 1.89. The SMILES string of the molecule is CC1(C)c2ccccc2-c2cc3sc4ccc(-c5ccc(-c6nc(-c7ccccc7)nc(-c7ccccc7)n6)cc5)cc4c3cc2C1(C)C. The minimum atomic E-state index is -0.0254. The van der Waals surface area contributed by atoms with Crippen molar-refractivity contribution in [1.82, 2.24) is 15.0 Å². The Morgan fingerprint density at radius 3 is 1.51 bits per heavy atom. The van der Waals surface area contributed by atoms with E-state index in [1.807, 2.05) is 72.0 Å². The summed E-state index contributed by atoms with van der Waals surface area (Å²) < 4.78 is 2.65. The van der Waals surface area contributed by atoms with Gasteiger partial charge in [-0.25, -0.2) is 15.0 Å². The van der Waals surface area contributed by atoms with Gasteiger partial charge in [0.2, 0.25) is 0 Å². The van der Waals surface area contributed by atoms with Crippen LogP contribution in [0.2, 0.25) is 0 Å². The highest BCUT2D eigenvalue weighted by molar-refractivity contribution is 7.25. The van der Waals surface area contributed by atoms with E-state index >= 15 is 0 Å². The Hall–Kier alpha value is -5.45. The van der Waals surface area contributed by atoms with Crippen LogP contribution in [-0.2, 0) is 10.8 Å². The molecular formula is C45H35N3S. The number of hydrogen-bond donors (Lipinski definition) is 0. The lowest BCUT2D eigenvalue weighted by Gasteiger charge is -2.48. The first-order valence-electron chi connectivity index (χ1n) is 16.9. The molecule has 0 radical (unpaired) electrons. The van der Waals surface area contributed by atoms with E-state index in [0.717, 1.165) is 16.7 Å². The van der Waals surface area contributed by atoms with E-state index in [1.54, 1.807) is 0 Å². The van der Waals surface area contributed by atoms with E-state index in [-0.39, 0.29) is 10.8 Å². The highest BCUT2D eigenvalue weighted by atomic mass is 32.1. The Kier molecular flexibility index (Phi) is 6.69. The van der Waals surface area contributed by atoms with Crippen molar-refractivity contribution < 1.29 is 0 Å². The zero-order valence-corrected chi connectivity index (χ0v) is 28.8. The zero-order chi connectivity index (χ0) is 33.3. The molecule has 9 rings (SSSR count). The van der Waals surface area contributed by atoms with E-state index in [1.165, 1.54) is 53.6 Å². The average Bonchev–Trinajstić information content (AvgIpc) is 3.51. The van der Waals surface area contributed by atoms with E-state index < -0.39 is 0 Å². The van der Waals surface area contributed by atoms with E-state index in [2.05, 4.69) is 107 Å². The molecule has 0 saturated heterocycles. The largest absolute Gasteiger partial charge is 0.208 e. The number of benzene rings is 6. The Morgan fingerprint density at radius 2 is 0.878 bits per heavy atom. The topological polar surface area (TPSA) is 38.7 Å². The van der Waals surface area contributed by atoms with Gasteiger partial charge in [-0.15, -0.1) is 11.3 Å². The van der Waals surface area contributed by atoms with Crippen molar-refractivity contribution in [3.05, 3.63) is 151 Å². The van der Waals surface area contributed by atoms with Crippen molar-refractivity contribution in [2.45, 2.75) is 38.5 Å². The lowest BCUT2D eigenvalue weighted by molar-refractivity contribution is 0.299. The molecule has 0 fully saturated rings. The van der Waals surface area contributed by atoms with Crippen LogP contribution in [0, 0.1) is 0 Å². The molecule has 0 amide bonds. The smallest absolute Gasteiger partial charge is 0.164 e. The first-order chi connectivity index (χ1) is 23.8. The van der Waals surface area contributed by atoms with Crippen LogP contribution >= 0.6 is 11.3 Å². The van der Waals surface area contributed by atoms with Crippen LogP contribution in [0.4, 0.5) is 0 Å². The second-order valence-corrected chi connectivity index (χ2v) is 15.2. The fraction of sp³-hybridized carbons (Fsp3) is 0.133. The predicted molar refractivity (Wildman–Crippen MR) is 206 cm³/mol. The Labute approximate surface area is 291 Å². The number of hydrogen-bond acceptors (Lipinski definition) is 4. The quantitative estimate of drug-likeness (QED) is 0.190. The van der Waals surface area contributed by atoms with Crippen LogP contribution in [0.3, 0.4) is 0 Å². The second-order valence-electron chi connectivity index (χ2n) is 14.1. The summed E-state index contributed by atoms with van der Waals surface area (Å²) in [5.41, 5.74) is 10.8. The van der Waals surface area contributed by atoms with Crippen LogP contribution in [0.5, 0.6) is 0 Å². The number of nitrogens with zero attached hydrogens (tertiary/aromatic N) is 3. The molecule has 3 nitrogen and oxygen atoms in total. The molecule has 0 unspecified atom stereocenters. The van der Waals surface area contributed by atoms with Gasteiger partial charge in [0.25, 0.3) is 0 Å². The van der Waals surface area contributed by atoms with Crippen LogP contribution in [0.25, 0.3) is 76.6 Å². The Morgan fingerprint density at radius 1 is 0.388 bits per heavy atom. The molecule has 2 aromatic heterocycles. The van der Waals surface area contributed by atoms with Crippen LogP contribution in [0.1, 0.15) is 38.8 Å². The van der Waals surface area contributed by atoms with Crippen molar-refractivity contribution in [2.75, 3.05) is 0 Å². The summed E-state index contributed by atoms with van der Waals surface area (Å²) in [5, 5.41) is 2.65. The monoisotopic (exact) mass is 649 g/mol. The molecule has 0 aliphatic heterocycles. The van der Waals surface area contributed by atoms with E-state index in [4.69, 9.17) is 15.0 Å². The maximum absolute atomic E-state index is 4.92. The van der Waals surface area contributed by atoms with Crippen LogP contribution < -0.4 is 0 Å². The van der Waals surface area contributed by atoms with Gasteiger partial charge >= 0.3 is 0 Å². The van der Waals surface area contributed by atoms with Gasteiger partial charge in [-0.1, -0.05) is 143 Å². The van der Waals surface area contributed by atoms with Gasteiger partial charge in [-0.2, -0.15) is 0 Å². The molecule has 6 aromatic carbocycles. The summed E-state index contributed by atoms with van der Waals surface area (Å²) in [7, 11) is 0. The van der Waals surface area contributed by atoms with Crippen LogP contribution in [0.15, 0.2) is 140 Å². The van der Waals surface area contributed by atoms with E-state index in [9.17, 15) is 0 Å². The maximum atomic E-state index is 4.92. The molecule has 4 heteroatoms. The van der Waals surface area contributed by atoms with Crippen LogP contribution in [-0.4, -0.2) is 15.0 Å². The molecule has 236 valence electrons. The molecule has 0 N–H and O–H groups in total. The second kappa shape index (κ2) is 11.0. The number of fused-ring (bicyclic) bond motifs is 6. The van der Waals surface area contributed by atoms with Gasteiger partial charge in [0.15, 0.2) is 17.5 Å². The van der Waals surface area contributed by atoms with Gasteiger partial charge < -0.3 is 0 Å². The predicted octanol–water partition coefficient (Wildman–Crippen LogP) is 12.1. The molecule has 0 bridgehead atoms. The number of rotatable bonds is 4. The van der Waals surface area contributed by atoms with E-state index in [0.29, 0.717) is 17.5 Å². The molecule has 49 heavy (non-hydrogen) atoms. The standard InChI is InChI=1S/C45H35N3S/c1-44(2)37-18-12-11-17-33(37)34-27-40-36(26-38(34)45(44,3)4)35-25-32(23-24-39(35)49-40)28-19-21-31(22-20-28)43-47-41(29-13-7-5-8-14-29)46-42(48-43)30-15-9-6-10-16-30/h5-27H,1-4H3. The Balaban J connectivity index is 1.12. The molecule has 8 aromatic rings. The summed E-state index contributed by atoms with van der Waals surface area (Å²) in [6.07, 6.45) is 0. The molecule has 1 aliphatic carbocycles. The average molecular weight is 650 g/mol. The summed E-state index contributed by atoms with van der Waals surface area (Å²) in [6.45, 7) is 9.61. The third-order valence-corrected chi connectivity index (χ3v) is 12.0. The number of thiophene rings is 1. The van der Waals surface area contributed by atoms with Crippen molar-refractivity contribution in [3.63, 3.8) is 0 Å². The maximum Gasteiger partial charge on any atom is 0.164 e. The van der Waals surface area contributed by atoms with Gasteiger partial charge in [0.05, 0.1) is 0 Å². The summed E-state index contributed by atoms with van der Waals surface area (Å²) in [4.78, 5) is 14.7. The van der Waals surface area contributed by atoms with Gasteiger partial charge in [0.1, 0.15) is 0 Å². The van der Waals surface area contributed by atoms with Gasteiger partial charge in [-0.05, 0) is 68.5 Å². The van der Waals surface area contributed by atoms with Crippen molar-refractivity contribution in [3.8, 4) is 56.4 Å². The third-order valence-electron chi connectivity index (χ3n) is 10.9.